The zero-order chi connectivity index (χ0) is 16.9. The third kappa shape index (κ3) is 2.64. The Hall–Kier alpha value is -1.62. The van der Waals surface area contributed by atoms with Gasteiger partial charge in [0.1, 0.15) is 5.60 Å². The predicted molar refractivity (Wildman–Crippen MR) is 102 cm³/mol. The Morgan fingerprint density at radius 1 is 1.04 bits per heavy atom. The molecule has 1 fully saturated rings. The highest BCUT2D eigenvalue weighted by molar-refractivity contribution is 7.59. The smallest absolute Gasteiger partial charge is 0.177 e. The van der Waals surface area contributed by atoms with E-state index in [2.05, 4.69) is 0 Å². The lowest BCUT2D eigenvalue weighted by Crippen LogP contribution is -2.37. The molecule has 0 radical (unpaired) electrons. The molecule has 2 aromatic carbocycles. The van der Waals surface area contributed by atoms with Crippen LogP contribution in [0.2, 0.25) is 5.02 Å². The predicted octanol–water partition coefficient (Wildman–Crippen LogP) is 4.54. The van der Waals surface area contributed by atoms with Crippen LogP contribution < -0.4 is 0 Å². The Morgan fingerprint density at radius 3 is 2.12 bits per heavy atom. The molecule has 0 spiro atoms. The van der Waals surface area contributed by atoms with E-state index >= 15 is 0 Å². The number of epoxide rings is 1. The van der Waals surface area contributed by atoms with Gasteiger partial charge in [0.15, 0.2) is 11.6 Å². The van der Waals surface area contributed by atoms with Crippen molar-refractivity contribution in [3.05, 3.63) is 70.2 Å². The van der Waals surface area contributed by atoms with Crippen molar-refractivity contribution >= 4 is 36.7 Å². The molecule has 2 aliphatic rings. The summed E-state index contributed by atoms with van der Waals surface area (Å²) in [6.07, 6.45) is 0.828. The summed E-state index contributed by atoms with van der Waals surface area (Å²) < 4.78 is 5.76. The van der Waals surface area contributed by atoms with Crippen molar-refractivity contribution in [1.29, 1.82) is 0 Å². The van der Waals surface area contributed by atoms with Crippen molar-refractivity contribution in [2.75, 3.05) is 6.61 Å². The zero-order valence-corrected chi connectivity index (χ0v) is 15.6. The first-order valence-corrected chi connectivity index (χ1v) is 8.49. The molecule has 130 valence electrons. The normalized spacial score (nSPS) is 23.1. The highest BCUT2D eigenvalue weighted by atomic mass is 35.5. The first-order chi connectivity index (χ1) is 11.5. The van der Waals surface area contributed by atoms with Crippen molar-refractivity contribution in [1.82, 2.24) is 0 Å². The van der Waals surface area contributed by atoms with Gasteiger partial charge in [0.2, 0.25) is 0 Å². The number of hydrogen-bond donors (Lipinski definition) is 0. The van der Waals surface area contributed by atoms with Crippen LogP contribution in [0, 0.1) is 5.41 Å². The Bertz CT molecular complexity index is 823. The number of rotatable bonds is 4. The summed E-state index contributed by atoms with van der Waals surface area (Å²) in [6.45, 7) is 2.40. The minimum absolute atomic E-state index is 0. The molecule has 1 aliphatic carbocycles. The van der Waals surface area contributed by atoms with Gasteiger partial charge in [-0.15, -0.1) is 0 Å². The quantitative estimate of drug-likeness (QED) is 0.582. The lowest BCUT2D eigenvalue weighted by molar-refractivity contribution is 0.0617. The van der Waals surface area contributed by atoms with Crippen molar-refractivity contribution < 1.29 is 14.3 Å². The molecule has 0 bridgehead atoms. The Kier molecular flexibility index (Phi) is 4.56. The van der Waals surface area contributed by atoms with Crippen LogP contribution in [0.25, 0.3) is 0 Å². The SMILES string of the molecule is CCC1(CC2(c3cccc(Cl)c3)CO2)C(=O)c2ccccc2C1=O.S. The summed E-state index contributed by atoms with van der Waals surface area (Å²) in [7, 11) is 0. The minimum Gasteiger partial charge on any atom is -0.364 e. The van der Waals surface area contributed by atoms with Gasteiger partial charge in [0.25, 0.3) is 0 Å². The maximum absolute atomic E-state index is 13.1. The van der Waals surface area contributed by atoms with Crippen molar-refractivity contribution in [3.63, 3.8) is 0 Å². The number of halogens is 1. The molecule has 1 atom stereocenters. The van der Waals surface area contributed by atoms with Crippen molar-refractivity contribution in [2.24, 2.45) is 5.41 Å². The molecular formula is C20H19ClO3S. The van der Waals surface area contributed by atoms with Gasteiger partial charge in [0.05, 0.1) is 12.0 Å². The molecule has 25 heavy (non-hydrogen) atoms. The summed E-state index contributed by atoms with van der Waals surface area (Å²) in [4.78, 5) is 26.1. The Balaban J connectivity index is 0.00000182. The molecule has 1 saturated heterocycles. The first kappa shape index (κ1) is 18.2. The van der Waals surface area contributed by atoms with E-state index in [9.17, 15) is 9.59 Å². The van der Waals surface area contributed by atoms with Crippen LogP contribution in [0.4, 0.5) is 0 Å². The Morgan fingerprint density at radius 2 is 1.64 bits per heavy atom. The van der Waals surface area contributed by atoms with Crippen LogP contribution in [0.15, 0.2) is 48.5 Å². The van der Waals surface area contributed by atoms with Crippen molar-refractivity contribution in [3.8, 4) is 0 Å². The first-order valence-electron chi connectivity index (χ1n) is 8.11. The lowest BCUT2D eigenvalue weighted by atomic mass is 9.71. The van der Waals surface area contributed by atoms with Gasteiger partial charge < -0.3 is 4.74 Å². The molecule has 5 heteroatoms. The number of benzene rings is 2. The molecule has 0 saturated carbocycles. The summed E-state index contributed by atoms with van der Waals surface area (Å²) in [5.41, 5.74) is 0.369. The largest absolute Gasteiger partial charge is 0.364 e. The third-order valence-corrected chi connectivity index (χ3v) is 5.56. The Labute approximate surface area is 158 Å². The van der Waals surface area contributed by atoms with Gasteiger partial charge in [-0.3, -0.25) is 9.59 Å². The number of carbonyl (C=O) groups is 2. The fourth-order valence-corrected chi connectivity index (χ4v) is 4.01. The molecule has 1 aliphatic heterocycles. The van der Waals surface area contributed by atoms with Gasteiger partial charge in [0, 0.05) is 22.6 Å². The molecule has 2 aromatic rings. The summed E-state index contributed by atoms with van der Waals surface area (Å²) in [5.74, 6) is -0.162. The third-order valence-electron chi connectivity index (χ3n) is 5.32. The monoisotopic (exact) mass is 374 g/mol. The number of fused-ring (bicyclic) bond motifs is 1. The molecule has 4 rings (SSSR count). The number of ketones is 2. The van der Waals surface area contributed by atoms with E-state index in [1.807, 2.05) is 25.1 Å². The molecule has 0 aromatic heterocycles. The van der Waals surface area contributed by atoms with E-state index in [4.69, 9.17) is 16.3 Å². The standard InChI is InChI=1S/C20H17ClO3.H2S/c1-2-19(17(22)15-8-3-4-9-16(15)18(19)23)11-20(12-24-20)13-6-5-7-14(21)10-13;/h3-10H,2,11-12H2,1H3;1H2. The average molecular weight is 375 g/mol. The molecule has 1 heterocycles. The van der Waals surface area contributed by atoms with Crippen LogP contribution in [-0.4, -0.2) is 18.2 Å². The van der Waals surface area contributed by atoms with Crippen LogP contribution in [-0.2, 0) is 10.3 Å². The fourth-order valence-electron chi connectivity index (χ4n) is 3.82. The van der Waals surface area contributed by atoms with Crippen LogP contribution in [0.5, 0.6) is 0 Å². The molecule has 0 amide bonds. The van der Waals surface area contributed by atoms with Crippen molar-refractivity contribution in [2.45, 2.75) is 25.4 Å². The molecule has 0 N–H and O–H groups in total. The highest BCUT2D eigenvalue weighted by Crippen LogP contribution is 2.53. The van der Waals surface area contributed by atoms with Gasteiger partial charge in [-0.05, 0) is 24.1 Å². The lowest BCUT2D eigenvalue weighted by Gasteiger charge is -2.28. The fraction of sp³-hybridized carbons (Fsp3) is 0.300. The maximum atomic E-state index is 13.1. The summed E-state index contributed by atoms with van der Waals surface area (Å²) >= 11 is 6.10. The average Bonchev–Trinajstić information content (AvgIpc) is 3.35. The van der Waals surface area contributed by atoms with Crippen LogP contribution >= 0.6 is 25.1 Å². The molecule has 3 nitrogen and oxygen atoms in total. The van der Waals surface area contributed by atoms with Crippen LogP contribution in [0.1, 0.15) is 46.0 Å². The minimum atomic E-state index is -1.04. The van der Waals surface area contributed by atoms with Gasteiger partial charge in [-0.2, -0.15) is 13.5 Å². The summed E-state index contributed by atoms with van der Waals surface area (Å²) in [5, 5.41) is 0.625. The molecule has 1 unspecified atom stereocenters. The van der Waals surface area contributed by atoms with Crippen LogP contribution in [0.3, 0.4) is 0 Å². The number of ether oxygens (including phenoxy) is 1. The number of hydrogen-bond acceptors (Lipinski definition) is 3. The van der Waals surface area contributed by atoms with Gasteiger partial charge in [-0.1, -0.05) is 54.9 Å². The van der Waals surface area contributed by atoms with Gasteiger partial charge >= 0.3 is 0 Å². The molecular weight excluding hydrogens is 356 g/mol. The topological polar surface area (TPSA) is 46.7 Å². The maximum Gasteiger partial charge on any atom is 0.177 e. The second-order valence-electron chi connectivity index (χ2n) is 6.61. The van der Waals surface area contributed by atoms with E-state index in [-0.39, 0.29) is 25.1 Å². The summed E-state index contributed by atoms with van der Waals surface area (Å²) in [6, 6.07) is 14.6. The van der Waals surface area contributed by atoms with E-state index < -0.39 is 11.0 Å². The van der Waals surface area contributed by atoms with E-state index in [0.29, 0.717) is 35.6 Å². The van der Waals surface area contributed by atoms with Gasteiger partial charge in [-0.25, -0.2) is 0 Å². The van der Waals surface area contributed by atoms with E-state index in [0.717, 1.165) is 5.56 Å². The number of carbonyl (C=O) groups excluding carboxylic acids is 2. The number of Topliss-reactive ketones (excluding diaryl/α,β-unsaturated/α-hetero) is 2. The highest BCUT2D eigenvalue weighted by Gasteiger charge is 2.60. The van der Waals surface area contributed by atoms with E-state index in [1.165, 1.54) is 0 Å². The zero-order valence-electron chi connectivity index (χ0n) is 13.8. The second-order valence-corrected chi connectivity index (χ2v) is 7.05. The second kappa shape index (κ2) is 6.27. The van der Waals surface area contributed by atoms with E-state index in [1.54, 1.807) is 30.3 Å².